The Balaban J connectivity index is 0.0000122. The Morgan fingerprint density at radius 3 is 2.11 bits per heavy atom. The highest BCUT2D eigenvalue weighted by Crippen LogP contribution is 2.33. The second-order valence-corrected chi connectivity index (χ2v) is 17.6. The molecule has 5 atom stereocenters. The molecule has 1 saturated heterocycles. The molecule has 9 N–H and O–H groups in total. The number of methoxy groups -OCH3 is 2. The van der Waals surface area contributed by atoms with Gasteiger partial charge in [0.2, 0.25) is 18.1 Å². The number of nitrogens with one attached hydrogen (secondary N) is 3. The van der Waals surface area contributed by atoms with E-state index in [2.05, 4.69) is 47.8 Å². The molecule has 408 valence electrons. The van der Waals surface area contributed by atoms with Crippen molar-refractivity contribution in [1.82, 2.24) is 10.2 Å². The molecule has 0 aliphatic carbocycles. The maximum Gasteiger partial charge on any atom is 0.335 e. The number of nitriles is 1. The fraction of sp³-hybridized carbons (Fsp3) is 0.438. The normalized spacial score (nSPS) is 18.2. The lowest BCUT2D eigenvalue weighted by molar-refractivity contribution is -0.679. The first-order valence-corrected chi connectivity index (χ1v) is 24.3. The Labute approximate surface area is 448 Å². The van der Waals surface area contributed by atoms with Gasteiger partial charge in [-0.25, -0.2) is 14.9 Å². The van der Waals surface area contributed by atoms with E-state index in [1.165, 1.54) is 43.1 Å². The first-order chi connectivity index (χ1) is 35.4. The lowest BCUT2D eigenvalue weighted by Gasteiger charge is -2.38. The molecule has 5 rings (SSSR count). The Morgan fingerprint density at radius 1 is 0.827 bits per heavy atom. The van der Waals surface area contributed by atoms with Crippen molar-refractivity contribution in [3.8, 4) is 29.2 Å². The van der Waals surface area contributed by atoms with E-state index >= 15 is 0 Å². The number of anilines is 3. The first-order valence-electron chi connectivity index (χ1n) is 22.8. The van der Waals surface area contributed by atoms with Crippen LogP contribution in [0, 0.1) is 18.8 Å². The van der Waals surface area contributed by atoms with Gasteiger partial charge in [0, 0.05) is 24.9 Å². The molecule has 3 aromatic rings. The number of aliphatic carboxylic acids is 1. The van der Waals surface area contributed by atoms with E-state index in [0.29, 0.717) is 22.6 Å². The van der Waals surface area contributed by atoms with Gasteiger partial charge in [0.1, 0.15) is 57.1 Å². The number of ether oxygens (including phenoxy) is 8. The van der Waals surface area contributed by atoms with Gasteiger partial charge in [-0.05, 0) is 74.7 Å². The predicted molar refractivity (Wildman–Crippen MR) is 271 cm³/mol. The Bertz CT molecular complexity index is 2590. The van der Waals surface area contributed by atoms with Crippen LogP contribution in [0.5, 0.6) is 23.1 Å². The summed E-state index contributed by atoms with van der Waals surface area (Å²) in [6.45, 7) is 2.51. The maximum absolute atomic E-state index is 13.7. The summed E-state index contributed by atoms with van der Waals surface area (Å²) in [5.74, 6) is -3.32. The van der Waals surface area contributed by atoms with E-state index in [-0.39, 0.29) is 136 Å². The number of amides is 5. The lowest BCUT2D eigenvalue weighted by atomic mass is 9.99. The van der Waals surface area contributed by atoms with Gasteiger partial charge in [0.25, 0.3) is 17.6 Å². The summed E-state index contributed by atoms with van der Waals surface area (Å²) < 4.78 is 46.0. The van der Waals surface area contributed by atoms with Crippen LogP contribution in [-0.2, 0) is 60.7 Å². The molecule has 0 unspecified atom stereocenters. The van der Waals surface area contributed by atoms with Gasteiger partial charge >= 0.3 is 17.8 Å². The number of aliphatic hydroxyl groups excluding tert-OH is 3. The van der Waals surface area contributed by atoms with E-state index in [1.807, 2.05) is 6.07 Å². The SMILES string of the molecule is CCOc1c(C#N)c(N)cc(NC(=O)Cc2cc(OC)ccc2OC)[n+]1Cc1ccc(O[C@@H]2O[C@H](C(=O)O)[C@@H](O)[C@H](O)[C@H]2O)c(NC(=O)CCNC(=O)CCOCCOCCOCCN2C(=O)C(Br)=C(Br)C2=O)c1.[CH3-]. The molecule has 0 radical (unpaired) electrons. The highest BCUT2D eigenvalue weighted by molar-refractivity contribution is 9.14. The Morgan fingerprint density at radius 2 is 1.48 bits per heavy atom. The zero-order valence-corrected chi connectivity index (χ0v) is 44.5. The number of pyridine rings is 1. The number of nitrogens with zero attached hydrogens (tertiary/aromatic N) is 3. The van der Waals surface area contributed by atoms with Crippen LogP contribution in [0.3, 0.4) is 0 Å². The summed E-state index contributed by atoms with van der Waals surface area (Å²) in [4.78, 5) is 76.7. The van der Waals surface area contributed by atoms with Crippen molar-refractivity contribution >= 4 is 84.6 Å². The molecular formula is C48H59Br2N7O18. The number of carboxylic acid groups (broad SMARTS) is 1. The molecule has 25 nitrogen and oxygen atoms in total. The average Bonchev–Trinajstić information content (AvgIpc) is 3.55. The molecule has 1 fully saturated rings. The van der Waals surface area contributed by atoms with Gasteiger partial charge in [-0.1, -0.05) is 6.07 Å². The molecule has 5 amide bonds. The largest absolute Gasteiger partial charge is 0.497 e. The topological polar surface area (TPSA) is 350 Å². The number of nitrogen functional groups attached to an aromatic ring is 1. The van der Waals surface area contributed by atoms with Crippen LogP contribution in [-0.4, -0.2) is 165 Å². The minimum atomic E-state index is -2.01. The fourth-order valence-electron chi connectivity index (χ4n) is 7.24. The third-order valence-electron chi connectivity index (χ3n) is 11.0. The number of imide groups is 1. The molecule has 3 heterocycles. The molecule has 2 aliphatic heterocycles. The predicted octanol–water partition coefficient (Wildman–Crippen LogP) is 1.05. The standard InChI is InChI=1S/C47H55Br2N7O18.CH3/c1-4-72-45-28(23-50)29(51)22-33(54-36(59)21-26-20-27(67-2)6-8-31(26)68-3)56(45)24-25-5-7-32(73-47-41(62)39(60)40(61)42(74-47)46(65)66)30(19-25)53-35(58)9-11-52-34(57)10-13-69-15-17-71-18-16-70-14-12-55-43(63)37(48)38(49)44(55)64;/h5-8,19-20,22,39-42,47,60-62H,4,9-18,21,24H2,1-3H3,(H5,51,52,53,54,57,58,59,65,66);1H3/q;-1/p+1/t39-,40-,41+,42-,47+;/m0./s1. The number of halogens is 2. The van der Waals surface area contributed by atoms with Gasteiger partial charge in [-0.15, -0.1) is 0 Å². The molecule has 75 heavy (non-hydrogen) atoms. The van der Waals surface area contributed by atoms with Crippen molar-refractivity contribution in [3.63, 3.8) is 0 Å². The lowest BCUT2D eigenvalue weighted by Crippen LogP contribution is -2.61. The maximum atomic E-state index is 13.7. The first kappa shape index (κ1) is 61.1. The highest BCUT2D eigenvalue weighted by atomic mass is 79.9. The average molecular weight is 1180 g/mol. The molecule has 1 aromatic heterocycles. The minimum Gasteiger partial charge on any atom is -0.497 e. The summed E-state index contributed by atoms with van der Waals surface area (Å²) in [7, 11) is 2.94. The minimum absolute atomic E-state index is 0. The number of carboxylic acids is 1. The third kappa shape index (κ3) is 16.5. The van der Waals surface area contributed by atoms with Crippen molar-refractivity contribution in [2.45, 2.75) is 63.4 Å². The second kappa shape index (κ2) is 29.6. The smallest absolute Gasteiger partial charge is 0.335 e. The van der Waals surface area contributed by atoms with Crippen LogP contribution in [0.25, 0.3) is 0 Å². The van der Waals surface area contributed by atoms with Crippen molar-refractivity contribution in [2.24, 2.45) is 0 Å². The van der Waals surface area contributed by atoms with Gasteiger partial charge in [0.05, 0.1) is 90.9 Å². The number of benzene rings is 2. The summed E-state index contributed by atoms with van der Waals surface area (Å²) in [5.41, 5.74) is 7.07. The quantitative estimate of drug-likeness (QED) is 0.0218. The summed E-state index contributed by atoms with van der Waals surface area (Å²) in [6, 6.07) is 12.7. The van der Waals surface area contributed by atoms with Gasteiger partial charge < -0.3 is 82.1 Å². The van der Waals surface area contributed by atoms with Crippen molar-refractivity contribution in [1.29, 1.82) is 5.26 Å². The summed E-state index contributed by atoms with van der Waals surface area (Å²) in [6.07, 6.45) is -10.3. The zero-order chi connectivity index (χ0) is 54.1. The molecule has 0 saturated carbocycles. The Hall–Kier alpha value is -6.48. The zero-order valence-electron chi connectivity index (χ0n) is 41.3. The number of hydrogen-bond donors (Lipinski definition) is 8. The highest BCUT2D eigenvalue weighted by Gasteiger charge is 2.48. The van der Waals surface area contributed by atoms with Crippen molar-refractivity contribution in [2.75, 3.05) is 89.9 Å². The van der Waals surface area contributed by atoms with Crippen LogP contribution in [0.2, 0.25) is 0 Å². The second-order valence-electron chi connectivity index (χ2n) is 16.0. The van der Waals surface area contributed by atoms with Crippen LogP contribution in [0.4, 0.5) is 17.2 Å². The van der Waals surface area contributed by atoms with Crippen LogP contribution in [0.15, 0.2) is 51.4 Å². The number of hydrogen-bond acceptors (Lipinski definition) is 19. The number of carbonyl (C=O) groups excluding carboxylic acids is 5. The van der Waals surface area contributed by atoms with Crippen LogP contribution < -0.4 is 45.2 Å². The monoisotopic (exact) mass is 1180 g/mol. The van der Waals surface area contributed by atoms with Crippen molar-refractivity contribution in [3.05, 3.63) is 75.5 Å². The molecule has 0 bridgehead atoms. The summed E-state index contributed by atoms with van der Waals surface area (Å²) in [5, 5.41) is 59.3. The van der Waals surface area contributed by atoms with E-state index in [9.17, 15) is 54.5 Å². The van der Waals surface area contributed by atoms with Crippen LogP contribution in [0.1, 0.15) is 36.5 Å². The number of nitrogens with two attached hydrogens (primary N) is 1. The number of rotatable bonds is 28. The molecule has 2 aliphatic rings. The Kier molecular flexibility index (Phi) is 24.1. The van der Waals surface area contributed by atoms with Crippen LogP contribution >= 0.6 is 31.9 Å². The molecule has 27 heteroatoms. The number of aromatic nitrogens is 1. The van der Waals surface area contributed by atoms with Crippen molar-refractivity contribution < 1.29 is 91.7 Å². The molecule has 2 aromatic carbocycles. The van der Waals surface area contributed by atoms with E-state index < -0.39 is 66.2 Å². The number of carbonyl (C=O) groups is 6. The summed E-state index contributed by atoms with van der Waals surface area (Å²) >= 11 is 6.13. The fourth-order valence-corrected chi connectivity index (χ4v) is 8.00. The number of aliphatic hydroxyl groups is 3. The van der Waals surface area contributed by atoms with Gasteiger partial charge in [0.15, 0.2) is 11.7 Å². The van der Waals surface area contributed by atoms with E-state index in [0.717, 1.165) is 4.90 Å². The van der Waals surface area contributed by atoms with E-state index in [4.69, 9.17) is 43.6 Å². The molecular weight excluding hydrogens is 1120 g/mol. The third-order valence-corrected chi connectivity index (χ3v) is 13.0. The van der Waals surface area contributed by atoms with Gasteiger partial charge in [-0.2, -0.15) is 9.83 Å². The van der Waals surface area contributed by atoms with Gasteiger partial charge in [-0.3, -0.25) is 24.1 Å². The van der Waals surface area contributed by atoms with E-state index in [1.54, 1.807) is 25.1 Å². The molecule has 0 spiro atoms.